The first-order valence-electron chi connectivity index (χ1n) is 10.0. The van der Waals surface area contributed by atoms with E-state index in [1.165, 1.54) is 0 Å². The molecule has 2 aliphatic rings. The molecule has 2 heterocycles. The number of hydrogen-bond acceptors (Lipinski definition) is 4. The van der Waals surface area contributed by atoms with Gasteiger partial charge in [0, 0.05) is 18.7 Å². The Hall–Kier alpha value is -2.47. The van der Waals surface area contributed by atoms with Crippen LogP contribution in [-0.4, -0.2) is 39.9 Å². The van der Waals surface area contributed by atoms with E-state index in [9.17, 15) is 9.59 Å². The van der Waals surface area contributed by atoms with E-state index < -0.39 is 0 Å². The highest BCUT2D eigenvalue weighted by Crippen LogP contribution is 2.47. The Morgan fingerprint density at radius 3 is 2.69 bits per heavy atom. The molecule has 0 bridgehead atoms. The van der Waals surface area contributed by atoms with Gasteiger partial charge in [-0.15, -0.1) is 11.8 Å². The van der Waals surface area contributed by atoms with Crippen LogP contribution < -0.4 is 10.1 Å². The molecule has 0 saturated carbocycles. The van der Waals surface area contributed by atoms with Crippen LogP contribution in [0, 0.1) is 0 Å². The lowest BCUT2D eigenvalue weighted by Crippen LogP contribution is -2.50. The largest absolute Gasteiger partial charge is 0.489 e. The Morgan fingerprint density at radius 2 is 1.93 bits per heavy atom. The molecule has 0 aliphatic carbocycles. The molecule has 2 fully saturated rings. The average Bonchev–Trinajstić information content (AvgIpc) is 3.24. The summed E-state index contributed by atoms with van der Waals surface area (Å²) in [6.45, 7) is 3.17. The molecule has 29 heavy (non-hydrogen) atoms. The van der Waals surface area contributed by atoms with Crippen molar-refractivity contribution in [3.8, 4) is 5.75 Å². The summed E-state index contributed by atoms with van der Waals surface area (Å²) in [6.07, 6.45) is 2.13. The maximum absolute atomic E-state index is 12.6. The van der Waals surface area contributed by atoms with Gasteiger partial charge in [0.25, 0.3) is 0 Å². The van der Waals surface area contributed by atoms with Gasteiger partial charge in [-0.1, -0.05) is 42.5 Å². The average molecular weight is 411 g/mol. The molecular formula is C23H26N2O3S. The minimum Gasteiger partial charge on any atom is -0.489 e. The number of fused-ring (bicyclic) bond motifs is 1. The molecule has 2 aromatic rings. The van der Waals surface area contributed by atoms with Gasteiger partial charge in [-0.05, 0) is 43.0 Å². The molecule has 1 N–H and O–H groups in total. The standard InChI is InChI=1S/C23H26N2O3S/c1-23-13-11-21(26)25(23)20(16-29-23)22(27)24-14-12-17-7-9-19(10-8-17)28-15-18-5-3-2-4-6-18/h2-10,20H,11-16H2,1H3,(H,24,27)/t20-,23-/m0/s1. The summed E-state index contributed by atoms with van der Waals surface area (Å²) in [6, 6.07) is 17.7. The zero-order valence-electron chi connectivity index (χ0n) is 16.6. The number of ether oxygens (including phenoxy) is 1. The highest BCUT2D eigenvalue weighted by Gasteiger charge is 2.52. The monoisotopic (exact) mass is 410 g/mol. The van der Waals surface area contributed by atoms with E-state index >= 15 is 0 Å². The maximum Gasteiger partial charge on any atom is 0.243 e. The van der Waals surface area contributed by atoms with Crippen LogP contribution in [0.1, 0.15) is 30.9 Å². The van der Waals surface area contributed by atoms with Gasteiger partial charge in [-0.3, -0.25) is 9.59 Å². The predicted molar refractivity (Wildman–Crippen MR) is 115 cm³/mol. The fourth-order valence-corrected chi connectivity index (χ4v) is 5.39. The Bertz CT molecular complexity index is 871. The highest BCUT2D eigenvalue weighted by molar-refractivity contribution is 8.01. The number of carbonyl (C=O) groups is 2. The second-order valence-corrected chi connectivity index (χ2v) is 9.23. The first-order chi connectivity index (χ1) is 14.0. The summed E-state index contributed by atoms with van der Waals surface area (Å²) < 4.78 is 5.81. The van der Waals surface area contributed by atoms with Crippen LogP contribution in [0.3, 0.4) is 0 Å². The van der Waals surface area contributed by atoms with E-state index in [4.69, 9.17) is 4.74 Å². The van der Waals surface area contributed by atoms with Crippen LogP contribution in [-0.2, 0) is 22.6 Å². The molecule has 6 heteroatoms. The summed E-state index contributed by atoms with van der Waals surface area (Å²) >= 11 is 1.72. The molecule has 4 rings (SSSR count). The van der Waals surface area contributed by atoms with E-state index in [2.05, 4.69) is 12.2 Å². The van der Waals surface area contributed by atoms with Crippen LogP contribution in [0.2, 0.25) is 0 Å². The molecular weight excluding hydrogens is 384 g/mol. The van der Waals surface area contributed by atoms with Crippen molar-refractivity contribution in [3.05, 3.63) is 65.7 Å². The second-order valence-electron chi connectivity index (χ2n) is 7.72. The van der Waals surface area contributed by atoms with E-state index in [1.54, 1.807) is 16.7 Å². The van der Waals surface area contributed by atoms with Gasteiger partial charge in [0.05, 0.1) is 4.87 Å². The Morgan fingerprint density at radius 1 is 1.17 bits per heavy atom. The van der Waals surface area contributed by atoms with Gasteiger partial charge in [0.15, 0.2) is 0 Å². The number of amides is 2. The number of nitrogens with one attached hydrogen (secondary N) is 1. The molecule has 2 amide bonds. The number of rotatable bonds is 7. The van der Waals surface area contributed by atoms with Gasteiger partial charge in [0.2, 0.25) is 11.8 Å². The number of hydrogen-bond donors (Lipinski definition) is 1. The summed E-state index contributed by atoms with van der Waals surface area (Å²) in [7, 11) is 0. The Balaban J connectivity index is 1.23. The minimum atomic E-state index is -0.339. The molecule has 2 aliphatic heterocycles. The Kier molecular flexibility index (Phi) is 5.81. The number of carbonyl (C=O) groups excluding carboxylic acids is 2. The quantitative estimate of drug-likeness (QED) is 0.760. The summed E-state index contributed by atoms with van der Waals surface area (Å²) in [5.41, 5.74) is 2.28. The zero-order valence-corrected chi connectivity index (χ0v) is 17.4. The van der Waals surface area contributed by atoms with Gasteiger partial charge < -0.3 is 15.0 Å². The Labute approximate surface area is 175 Å². The summed E-state index contributed by atoms with van der Waals surface area (Å²) in [5, 5.41) is 3.01. The van der Waals surface area contributed by atoms with E-state index in [0.29, 0.717) is 25.3 Å². The van der Waals surface area contributed by atoms with Crippen LogP contribution in [0.15, 0.2) is 54.6 Å². The van der Waals surface area contributed by atoms with Gasteiger partial charge in [-0.25, -0.2) is 0 Å². The number of nitrogens with zero attached hydrogens (tertiary/aromatic N) is 1. The molecule has 0 spiro atoms. The molecule has 0 unspecified atom stereocenters. The van der Waals surface area contributed by atoms with Crippen molar-refractivity contribution in [3.63, 3.8) is 0 Å². The van der Waals surface area contributed by atoms with Crippen molar-refractivity contribution in [2.45, 2.75) is 43.7 Å². The molecule has 0 radical (unpaired) electrons. The van der Waals surface area contributed by atoms with Crippen molar-refractivity contribution in [1.82, 2.24) is 10.2 Å². The number of benzene rings is 2. The zero-order chi connectivity index (χ0) is 20.3. The van der Waals surface area contributed by atoms with Crippen molar-refractivity contribution >= 4 is 23.6 Å². The van der Waals surface area contributed by atoms with Gasteiger partial charge in [0.1, 0.15) is 18.4 Å². The van der Waals surface area contributed by atoms with E-state index in [0.717, 1.165) is 29.7 Å². The third-order valence-corrected chi connectivity index (χ3v) is 7.14. The van der Waals surface area contributed by atoms with Crippen molar-refractivity contribution in [2.75, 3.05) is 12.3 Å². The summed E-state index contributed by atoms with van der Waals surface area (Å²) in [4.78, 5) is 26.4. The highest BCUT2D eigenvalue weighted by atomic mass is 32.2. The van der Waals surface area contributed by atoms with Gasteiger partial charge >= 0.3 is 0 Å². The maximum atomic E-state index is 12.6. The summed E-state index contributed by atoms with van der Waals surface area (Å²) in [5.74, 6) is 1.57. The van der Waals surface area contributed by atoms with Crippen LogP contribution in [0.5, 0.6) is 5.75 Å². The predicted octanol–water partition coefficient (Wildman–Crippen LogP) is 3.38. The fraction of sp³-hybridized carbons (Fsp3) is 0.391. The third-order valence-electron chi connectivity index (χ3n) is 5.63. The smallest absolute Gasteiger partial charge is 0.243 e. The molecule has 2 saturated heterocycles. The van der Waals surface area contributed by atoms with Crippen molar-refractivity contribution in [2.24, 2.45) is 0 Å². The fourth-order valence-electron chi connectivity index (χ4n) is 3.96. The number of thioether (sulfide) groups is 1. The van der Waals surface area contributed by atoms with E-state index in [1.807, 2.05) is 54.6 Å². The normalized spacial score (nSPS) is 23.1. The molecule has 2 atom stereocenters. The van der Waals surface area contributed by atoms with Crippen molar-refractivity contribution < 1.29 is 14.3 Å². The van der Waals surface area contributed by atoms with Crippen LogP contribution >= 0.6 is 11.8 Å². The molecule has 2 aromatic carbocycles. The first-order valence-corrected chi connectivity index (χ1v) is 11.0. The third kappa shape index (κ3) is 4.42. The van der Waals surface area contributed by atoms with E-state index in [-0.39, 0.29) is 22.7 Å². The van der Waals surface area contributed by atoms with Crippen molar-refractivity contribution in [1.29, 1.82) is 0 Å². The lowest BCUT2D eigenvalue weighted by atomic mass is 10.1. The van der Waals surface area contributed by atoms with Crippen LogP contribution in [0.4, 0.5) is 0 Å². The molecule has 0 aromatic heterocycles. The molecule has 5 nitrogen and oxygen atoms in total. The SMILES string of the molecule is C[C@]12CCC(=O)N1[C@H](C(=O)NCCc1ccc(OCc3ccccc3)cc1)CS2. The van der Waals surface area contributed by atoms with Gasteiger partial charge in [-0.2, -0.15) is 0 Å². The molecule has 152 valence electrons. The first kappa shape index (κ1) is 19.8. The topological polar surface area (TPSA) is 58.6 Å². The van der Waals surface area contributed by atoms with Crippen LogP contribution in [0.25, 0.3) is 0 Å². The minimum absolute atomic E-state index is 0.0423. The second kappa shape index (κ2) is 8.49. The lowest BCUT2D eigenvalue weighted by molar-refractivity contribution is -0.137. The lowest BCUT2D eigenvalue weighted by Gasteiger charge is -2.29.